The van der Waals surface area contributed by atoms with E-state index in [1.54, 1.807) is 0 Å². The third-order valence-corrected chi connectivity index (χ3v) is 4.74. The predicted molar refractivity (Wildman–Crippen MR) is 90.6 cm³/mol. The summed E-state index contributed by atoms with van der Waals surface area (Å²) in [6, 6.07) is 0.476. The summed E-state index contributed by atoms with van der Waals surface area (Å²) in [7, 11) is 0. The Kier molecular flexibility index (Phi) is 6.21. The Morgan fingerprint density at radius 1 is 1.20 bits per heavy atom. The third-order valence-electron chi connectivity index (χ3n) is 3.63. The van der Waals surface area contributed by atoms with Crippen LogP contribution < -0.4 is 5.32 Å². The average Bonchev–Trinajstić information content (AvgIpc) is 2.77. The zero-order chi connectivity index (χ0) is 15.4. The molecule has 1 heterocycles. The van der Waals surface area contributed by atoms with Crippen molar-refractivity contribution in [1.82, 2.24) is 10.3 Å². The van der Waals surface area contributed by atoms with Gasteiger partial charge in [-0.2, -0.15) is 0 Å². The molecular formula is C17H32N2S. The maximum absolute atomic E-state index is 4.94. The van der Waals surface area contributed by atoms with E-state index >= 15 is 0 Å². The maximum atomic E-state index is 4.94. The molecule has 1 atom stereocenters. The van der Waals surface area contributed by atoms with E-state index in [2.05, 4.69) is 59.2 Å². The van der Waals surface area contributed by atoms with Crippen LogP contribution in [-0.2, 0) is 11.0 Å². The minimum Gasteiger partial charge on any atom is -0.303 e. The molecular weight excluding hydrogens is 264 g/mol. The molecule has 0 saturated carbocycles. The Bertz CT molecular complexity index is 403. The first-order chi connectivity index (χ1) is 9.19. The van der Waals surface area contributed by atoms with E-state index in [0.717, 1.165) is 6.42 Å². The van der Waals surface area contributed by atoms with E-state index in [0.29, 0.717) is 6.04 Å². The van der Waals surface area contributed by atoms with E-state index in [4.69, 9.17) is 4.98 Å². The normalized spacial score (nSPS) is 15.6. The minimum atomic E-state index is 0.0114. The molecule has 0 spiro atoms. The van der Waals surface area contributed by atoms with Crippen LogP contribution in [0.25, 0.3) is 0 Å². The number of hydrogen-bond acceptors (Lipinski definition) is 3. The molecule has 0 fully saturated rings. The molecule has 0 aromatic carbocycles. The summed E-state index contributed by atoms with van der Waals surface area (Å²) in [4.78, 5) is 4.94. The van der Waals surface area contributed by atoms with E-state index < -0.39 is 0 Å². The van der Waals surface area contributed by atoms with Crippen molar-refractivity contribution in [2.45, 2.75) is 91.1 Å². The van der Waals surface area contributed by atoms with Crippen LogP contribution in [0.5, 0.6) is 0 Å². The highest BCUT2D eigenvalue weighted by Gasteiger charge is 2.31. The minimum absolute atomic E-state index is 0.0114. The van der Waals surface area contributed by atoms with Crippen LogP contribution in [0.4, 0.5) is 0 Å². The first-order valence-electron chi connectivity index (χ1n) is 7.93. The van der Waals surface area contributed by atoms with Gasteiger partial charge in [0, 0.05) is 16.8 Å². The summed E-state index contributed by atoms with van der Waals surface area (Å²) in [5, 5.41) is 7.22. The molecule has 1 aromatic rings. The molecule has 2 nitrogen and oxygen atoms in total. The van der Waals surface area contributed by atoms with Gasteiger partial charge in [-0.05, 0) is 27.2 Å². The molecule has 0 amide bonds. The number of aromatic nitrogens is 1. The molecule has 0 bridgehead atoms. The summed E-state index contributed by atoms with van der Waals surface area (Å²) >= 11 is 1.81. The van der Waals surface area contributed by atoms with Crippen molar-refractivity contribution >= 4 is 11.3 Å². The molecule has 0 aliphatic heterocycles. The van der Waals surface area contributed by atoms with Crippen LogP contribution in [0.15, 0.2) is 5.38 Å². The first-order valence-corrected chi connectivity index (χ1v) is 8.81. The molecule has 1 N–H and O–H groups in total. The van der Waals surface area contributed by atoms with Crippen LogP contribution >= 0.6 is 11.3 Å². The molecule has 0 aliphatic rings. The highest BCUT2D eigenvalue weighted by atomic mass is 32.1. The number of rotatable bonds is 7. The second-order valence-electron chi connectivity index (χ2n) is 7.38. The van der Waals surface area contributed by atoms with Gasteiger partial charge in [-0.25, -0.2) is 4.98 Å². The van der Waals surface area contributed by atoms with E-state index in [9.17, 15) is 0 Å². The zero-order valence-electron chi connectivity index (χ0n) is 14.3. The number of nitrogens with one attached hydrogen (secondary N) is 1. The fourth-order valence-electron chi connectivity index (χ4n) is 2.48. The summed E-state index contributed by atoms with van der Waals surface area (Å²) in [6.07, 6.45) is 4.99. The lowest BCUT2D eigenvalue weighted by atomic mass is 9.92. The first kappa shape index (κ1) is 17.6. The lowest BCUT2D eigenvalue weighted by Crippen LogP contribution is -2.43. The van der Waals surface area contributed by atoms with Gasteiger partial charge in [-0.3, -0.25) is 0 Å². The molecule has 0 radical (unpaired) electrons. The number of thiazole rings is 1. The van der Waals surface area contributed by atoms with Crippen LogP contribution in [-0.4, -0.2) is 11.0 Å². The fourth-order valence-corrected chi connectivity index (χ4v) is 3.68. The third kappa shape index (κ3) is 4.85. The number of nitrogens with zero attached hydrogens (tertiary/aromatic N) is 1. The van der Waals surface area contributed by atoms with Gasteiger partial charge < -0.3 is 5.32 Å². The van der Waals surface area contributed by atoms with E-state index in [-0.39, 0.29) is 11.0 Å². The van der Waals surface area contributed by atoms with Gasteiger partial charge in [0.25, 0.3) is 0 Å². The Morgan fingerprint density at radius 3 is 2.30 bits per heavy atom. The summed E-state index contributed by atoms with van der Waals surface area (Å²) in [5.41, 5.74) is 1.36. The monoisotopic (exact) mass is 296 g/mol. The fraction of sp³-hybridized carbons (Fsp3) is 0.824. The van der Waals surface area contributed by atoms with Gasteiger partial charge in [-0.15, -0.1) is 11.3 Å². The number of unbranched alkanes of at least 4 members (excludes halogenated alkanes) is 2. The molecule has 1 unspecified atom stereocenters. The lowest BCUT2D eigenvalue weighted by Gasteiger charge is -2.31. The molecule has 0 aliphatic carbocycles. The SMILES string of the molecule is CCCCCC(C)(NC(C)C)c1nc(C(C)(C)C)cs1. The Hall–Kier alpha value is -0.410. The highest BCUT2D eigenvalue weighted by molar-refractivity contribution is 7.09. The van der Waals surface area contributed by atoms with Crippen molar-refractivity contribution in [1.29, 1.82) is 0 Å². The van der Waals surface area contributed by atoms with Gasteiger partial charge in [0.1, 0.15) is 5.01 Å². The molecule has 116 valence electrons. The van der Waals surface area contributed by atoms with Gasteiger partial charge >= 0.3 is 0 Å². The second kappa shape index (κ2) is 7.04. The predicted octanol–water partition coefficient (Wildman–Crippen LogP) is 5.23. The van der Waals surface area contributed by atoms with Crippen molar-refractivity contribution in [3.63, 3.8) is 0 Å². The summed E-state index contributed by atoms with van der Waals surface area (Å²) in [5.74, 6) is 0. The molecule has 1 aromatic heterocycles. The highest BCUT2D eigenvalue weighted by Crippen LogP contribution is 2.33. The number of hydrogen-bond donors (Lipinski definition) is 1. The van der Waals surface area contributed by atoms with Gasteiger partial charge in [-0.1, -0.05) is 47.0 Å². The molecule has 0 saturated heterocycles. The second-order valence-corrected chi connectivity index (χ2v) is 8.23. The Balaban J connectivity index is 2.94. The standard InChI is InChI=1S/C17H32N2S/c1-8-9-10-11-17(7,19-13(2)3)15-18-14(12-20-15)16(4,5)6/h12-13,19H,8-11H2,1-7H3. The van der Waals surface area contributed by atoms with Crippen molar-refractivity contribution < 1.29 is 0 Å². The maximum Gasteiger partial charge on any atom is 0.113 e. The molecule has 1 rings (SSSR count). The van der Waals surface area contributed by atoms with Crippen LogP contribution in [0.1, 0.15) is 84.9 Å². The Morgan fingerprint density at radius 2 is 1.85 bits per heavy atom. The van der Waals surface area contributed by atoms with Crippen LogP contribution in [0.2, 0.25) is 0 Å². The quantitative estimate of drug-likeness (QED) is 0.696. The molecule has 3 heteroatoms. The lowest BCUT2D eigenvalue weighted by molar-refractivity contribution is 0.299. The summed E-state index contributed by atoms with van der Waals surface area (Å²) < 4.78 is 0. The van der Waals surface area contributed by atoms with E-state index in [1.807, 2.05) is 11.3 Å². The van der Waals surface area contributed by atoms with Gasteiger partial charge in [0.15, 0.2) is 0 Å². The van der Waals surface area contributed by atoms with Crippen molar-refractivity contribution in [2.24, 2.45) is 0 Å². The van der Waals surface area contributed by atoms with Crippen molar-refractivity contribution in [3.05, 3.63) is 16.1 Å². The van der Waals surface area contributed by atoms with Gasteiger partial charge in [0.05, 0.1) is 11.2 Å². The van der Waals surface area contributed by atoms with E-state index in [1.165, 1.54) is 30.0 Å². The smallest absolute Gasteiger partial charge is 0.113 e. The van der Waals surface area contributed by atoms with Crippen molar-refractivity contribution in [3.8, 4) is 0 Å². The zero-order valence-corrected chi connectivity index (χ0v) is 15.2. The topological polar surface area (TPSA) is 24.9 Å². The van der Waals surface area contributed by atoms with Gasteiger partial charge in [0.2, 0.25) is 0 Å². The largest absolute Gasteiger partial charge is 0.303 e. The Labute approximate surface area is 129 Å². The summed E-state index contributed by atoms with van der Waals surface area (Å²) in [6.45, 7) is 15.7. The van der Waals surface area contributed by atoms with Crippen molar-refractivity contribution in [2.75, 3.05) is 0 Å². The van der Waals surface area contributed by atoms with Crippen LogP contribution in [0, 0.1) is 0 Å². The van der Waals surface area contributed by atoms with Crippen LogP contribution in [0.3, 0.4) is 0 Å². The molecule has 20 heavy (non-hydrogen) atoms. The average molecular weight is 297 g/mol.